The van der Waals surface area contributed by atoms with Crippen molar-refractivity contribution in [2.75, 3.05) is 11.9 Å². The van der Waals surface area contributed by atoms with Gasteiger partial charge in [-0.15, -0.1) is 0 Å². The minimum atomic E-state index is -0.184. The quantitative estimate of drug-likeness (QED) is 0.859. The number of nitrogens with one attached hydrogen (secondary N) is 2. The molecule has 1 aromatic rings. The fraction of sp³-hybridized carbons (Fsp3) is 0.727. The molecule has 1 fully saturated rings. The number of nitrogens with zero attached hydrogens (tertiary/aromatic N) is 2. The van der Waals surface area contributed by atoms with Crippen LogP contribution in [-0.4, -0.2) is 27.9 Å². The molecule has 1 amide bonds. The van der Waals surface area contributed by atoms with Gasteiger partial charge < -0.3 is 10.6 Å². The van der Waals surface area contributed by atoms with Gasteiger partial charge in [-0.3, -0.25) is 4.79 Å². The van der Waals surface area contributed by atoms with Gasteiger partial charge in [-0.2, -0.15) is 4.37 Å². The molecule has 2 unspecified atom stereocenters. The smallest absolute Gasteiger partial charge is 0.242 e. The Morgan fingerprint density at radius 1 is 1.53 bits per heavy atom. The lowest BCUT2D eigenvalue weighted by Crippen LogP contribution is -2.49. The SMILES string of the molecule is CC(C)c1nsc(NC2C(=O)NCCC2C)n1. The highest BCUT2D eigenvalue weighted by Gasteiger charge is 2.29. The van der Waals surface area contributed by atoms with Gasteiger partial charge in [0, 0.05) is 24.0 Å². The molecule has 0 radical (unpaired) electrons. The summed E-state index contributed by atoms with van der Waals surface area (Å²) in [5.74, 6) is 1.54. The summed E-state index contributed by atoms with van der Waals surface area (Å²) < 4.78 is 4.27. The van der Waals surface area contributed by atoms with E-state index in [4.69, 9.17) is 0 Å². The zero-order valence-corrected chi connectivity index (χ0v) is 11.2. The fourth-order valence-corrected chi connectivity index (χ4v) is 2.57. The van der Waals surface area contributed by atoms with Crippen LogP contribution in [0.4, 0.5) is 5.13 Å². The van der Waals surface area contributed by atoms with Crippen molar-refractivity contribution in [2.45, 2.75) is 39.2 Å². The molecule has 0 aromatic carbocycles. The van der Waals surface area contributed by atoms with Gasteiger partial charge in [0.25, 0.3) is 0 Å². The van der Waals surface area contributed by atoms with Crippen molar-refractivity contribution in [3.8, 4) is 0 Å². The zero-order chi connectivity index (χ0) is 12.4. The number of rotatable bonds is 3. The molecule has 0 aliphatic carbocycles. The van der Waals surface area contributed by atoms with E-state index in [9.17, 15) is 4.79 Å². The number of hydrogen-bond donors (Lipinski definition) is 2. The van der Waals surface area contributed by atoms with Crippen molar-refractivity contribution in [1.29, 1.82) is 0 Å². The van der Waals surface area contributed by atoms with Gasteiger partial charge in [0.2, 0.25) is 11.0 Å². The van der Waals surface area contributed by atoms with Gasteiger partial charge in [0.15, 0.2) is 0 Å². The van der Waals surface area contributed by atoms with Gasteiger partial charge in [-0.1, -0.05) is 20.8 Å². The first-order valence-electron chi connectivity index (χ1n) is 5.95. The van der Waals surface area contributed by atoms with E-state index in [1.165, 1.54) is 11.5 Å². The maximum atomic E-state index is 11.7. The van der Waals surface area contributed by atoms with Gasteiger partial charge in [0.05, 0.1) is 0 Å². The summed E-state index contributed by atoms with van der Waals surface area (Å²) in [6, 6.07) is -0.184. The summed E-state index contributed by atoms with van der Waals surface area (Å²) in [4.78, 5) is 16.1. The number of hydrogen-bond acceptors (Lipinski definition) is 5. The predicted octanol–water partition coefficient (Wildman–Crippen LogP) is 1.60. The Balaban J connectivity index is 2.05. The molecule has 2 N–H and O–H groups in total. The first-order chi connectivity index (χ1) is 8.08. The van der Waals surface area contributed by atoms with Crippen LogP contribution >= 0.6 is 11.5 Å². The van der Waals surface area contributed by atoms with Crippen LogP contribution in [0.25, 0.3) is 0 Å². The van der Waals surface area contributed by atoms with E-state index in [1.54, 1.807) is 0 Å². The third kappa shape index (κ3) is 2.74. The second-order valence-corrected chi connectivity index (χ2v) is 5.54. The second-order valence-electron chi connectivity index (χ2n) is 4.79. The summed E-state index contributed by atoms with van der Waals surface area (Å²) >= 11 is 1.32. The van der Waals surface area contributed by atoms with Crippen molar-refractivity contribution in [1.82, 2.24) is 14.7 Å². The molecule has 1 aliphatic heterocycles. The van der Waals surface area contributed by atoms with Gasteiger partial charge in [0.1, 0.15) is 11.9 Å². The minimum Gasteiger partial charge on any atom is -0.354 e. The standard InChI is InChI=1S/C11H18N4OS/c1-6(2)9-14-11(17-15-9)13-8-7(3)4-5-12-10(8)16/h6-8H,4-5H2,1-3H3,(H,12,16)(H,13,14,15). The van der Waals surface area contributed by atoms with Crippen molar-refractivity contribution in [2.24, 2.45) is 5.92 Å². The highest BCUT2D eigenvalue weighted by molar-refractivity contribution is 7.09. The average molecular weight is 254 g/mol. The number of carbonyl (C=O) groups excluding carboxylic acids is 1. The van der Waals surface area contributed by atoms with E-state index in [1.807, 2.05) is 0 Å². The molecule has 2 atom stereocenters. The molecule has 94 valence electrons. The second kappa shape index (κ2) is 5.00. The summed E-state index contributed by atoms with van der Waals surface area (Å²) in [7, 11) is 0. The predicted molar refractivity (Wildman–Crippen MR) is 68.2 cm³/mol. The van der Waals surface area contributed by atoms with Crippen molar-refractivity contribution >= 4 is 22.6 Å². The Morgan fingerprint density at radius 2 is 2.29 bits per heavy atom. The highest BCUT2D eigenvalue weighted by atomic mass is 32.1. The first-order valence-corrected chi connectivity index (χ1v) is 6.73. The van der Waals surface area contributed by atoms with Crippen LogP contribution in [0.5, 0.6) is 0 Å². The molecule has 1 aromatic heterocycles. The molecule has 2 rings (SSSR count). The van der Waals surface area contributed by atoms with E-state index >= 15 is 0 Å². The molecule has 5 nitrogen and oxygen atoms in total. The number of aromatic nitrogens is 2. The lowest BCUT2D eigenvalue weighted by molar-refractivity contribution is -0.124. The molecule has 0 bridgehead atoms. The Labute approximate surface area is 105 Å². The molecule has 1 saturated heterocycles. The van der Waals surface area contributed by atoms with Gasteiger partial charge in [-0.25, -0.2) is 4.98 Å². The Bertz CT molecular complexity index is 404. The minimum absolute atomic E-state index is 0.0602. The van der Waals surface area contributed by atoms with Crippen LogP contribution in [0.2, 0.25) is 0 Å². The van der Waals surface area contributed by atoms with E-state index in [2.05, 4.69) is 40.8 Å². The normalized spacial score (nSPS) is 24.8. The lowest BCUT2D eigenvalue weighted by Gasteiger charge is -2.28. The van der Waals surface area contributed by atoms with Crippen molar-refractivity contribution in [3.63, 3.8) is 0 Å². The molecule has 2 heterocycles. The maximum absolute atomic E-state index is 11.7. The van der Waals surface area contributed by atoms with E-state index in [-0.39, 0.29) is 11.9 Å². The summed E-state index contributed by atoms with van der Waals surface area (Å²) in [5, 5.41) is 6.79. The maximum Gasteiger partial charge on any atom is 0.242 e. The molecular formula is C11H18N4OS. The van der Waals surface area contributed by atoms with Crippen LogP contribution < -0.4 is 10.6 Å². The van der Waals surface area contributed by atoms with Crippen LogP contribution in [0, 0.1) is 5.92 Å². The Kier molecular flexibility index (Phi) is 3.61. The third-order valence-electron chi connectivity index (χ3n) is 2.99. The first kappa shape index (κ1) is 12.3. The van der Waals surface area contributed by atoms with E-state index in [0.717, 1.165) is 23.9 Å². The molecule has 17 heavy (non-hydrogen) atoms. The van der Waals surface area contributed by atoms with E-state index in [0.29, 0.717) is 11.8 Å². The summed E-state index contributed by atoms with van der Waals surface area (Å²) in [6.07, 6.45) is 0.999. The highest BCUT2D eigenvalue weighted by Crippen LogP contribution is 2.21. The van der Waals surface area contributed by atoms with Crippen LogP contribution in [-0.2, 0) is 4.79 Å². The van der Waals surface area contributed by atoms with Crippen LogP contribution in [0.15, 0.2) is 0 Å². The molecule has 0 saturated carbocycles. The topological polar surface area (TPSA) is 66.9 Å². The Hall–Kier alpha value is -1.17. The third-order valence-corrected chi connectivity index (χ3v) is 3.65. The summed E-state index contributed by atoms with van der Waals surface area (Å²) in [6.45, 7) is 6.97. The summed E-state index contributed by atoms with van der Waals surface area (Å²) in [5.41, 5.74) is 0. The zero-order valence-electron chi connectivity index (χ0n) is 10.4. The number of piperidine rings is 1. The largest absolute Gasteiger partial charge is 0.354 e. The number of carbonyl (C=O) groups is 1. The molecular weight excluding hydrogens is 236 g/mol. The average Bonchev–Trinajstić information content (AvgIpc) is 2.72. The number of anilines is 1. The van der Waals surface area contributed by atoms with Crippen LogP contribution in [0.1, 0.15) is 38.9 Å². The lowest BCUT2D eigenvalue weighted by atomic mass is 9.94. The Morgan fingerprint density at radius 3 is 2.88 bits per heavy atom. The fourth-order valence-electron chi connectivity index (χ4n) is 1.83. The van der Waals surface area contributed by atoms with Crippen molar-refractivity contribution < 1.29 is 4.79 Å². The molecule has 1 aliphatic rings. The van der Waals surface area contributed by atoms with Gasteiger partial charge >= 0.3 is 0 Å². The number of amides is 1. The molecule has 0 spiro atoms. The molecule has 6 heteroatoms. The van der Waals surface area contributed by atoms with Crippen molar-refractivity contribution in [3.05, 3.63) is 5.82 Å². The van der Waals surface area contributed by atoms with Gasteiger partial charge in [-0.05, 0) is 12.3 Å². The van der Waals surface area contributed by atoms with Crippen LogP contribution in [0.3, 0.4) is 0 Å². The monoisotopic (exact) mass is 254 g/mol. The van der Waals surface area contributed by atoms with E-state index < -0.39 is 0 Å².